The Labute approximate surface area is 175 Å². The number of halogens is 1. The van der Waals surface area contributed by atoms with Crippen LogP contribution in [-0.4, -0.2) is 17.2 Å². The molecule has 1 aromatic rings. The first-order valence-electron chi connectivity index (χ1n) is 10.5. The highest BCUT2D eigenvalue weighted by Crippen LogP contribution is 2.36. The Kier molecular flexibility index (Phi) is 8.91. The van der Waals surface area contributed by atoms with Crippen LogP contribution >= 0.6 is 11.6 Å². The molecule has 3 rings (SSSR count). The fourth-order valence-electron chi connectivity index (χ4n) is 3.52. The molecule has 5 heteroatoms. The van der Waals surface area contributed by atoms with E-state index in [9.17, 15) is 0 Å². The van der Waals surface area contributed by atoms with E-state index in [0.717, 1.165) is 43.8 Å². The summed E-state index contributed by atoms with van der Waals surface area (Å²) in [7, 11) is 0. The summed E-state index contributed by atoms with van der Waals surface area (Å²) in [6, 6.07) is 6.36. The molecular weight excluding hydrogens is 370 g/mol. The molecule has 0 spiro atoms. The fourth-order valence-corrected chi connectivity index (χ4v) is 3.73. The van der Waals surface area contributed by atoms with Gasteiger partial charge in [-0.25, -0.2) is 0 Å². The smallest absolute Gasteiger partial charge is 0.125 e. The topological polar surface area (TPSA) is 36.9 Å². The van der Waals surface area contributed by atoms with Gasteiger partial charge in [0.05, 0.1) is 28.7 Å². The third-order valence-corrected chi connectivity index (χ3v) is 5.36. The standard InChI is InChI=1S/C21H28ClN3O.C2H6/c1-4-6-10-17(8-5-2)26-20-11-7-9-16-13-25(14-18(16)20)19-12-23-24-15(3)21(19)22;1-2/h7,9,11-12,17,24H,3-6,8,10,13-14H2,1-2H3;1-2H3. The van der Waals surface area contributed by atoms with Gasteiger partial charge in [-0.1, -0.05) is 77.3 Å². The molecule has 1 N–H and O–H groups in total. The average Bonchev–Trinajstić information content (AvgIpc) is 3.15. The lowest BCUT2D eigenvalue weighted by Gasteiger charge is -2.24. The molecular formula is C23H34ClN3O. The molecule has 0 amide bonds. The van der Waals surface area contributed by atoms with Crippen LogP contribution in [0.1, 0.15) is 70.9 Å². The Morgan fingerprint density at radius 3 is 2.71 bits per heavy atom. The zero-order chi connectivity index (χ0) is 20.5. The monoisotopic (exact) mass is 403 g/mol. The number of nitrogens with zero attached hydrogens (tertiary/aromatic N) is 2. The minimum absolute atomic E-state index is 0.295. The number of ether oxygens (including phenoxy) is 1. The summed E-state index contributed by atoms with van der Waals surface area (Å²) in [5, 5.41) is 4.76. The number of benzene rings is 1. The van der Waals surface area contributed by atoms with Gasteiger partial charge in [0, 0.05) is 18.7 Å². The highest BCUT2D eigenvalue weighted by molar-refractivity contribution is 6.33. The maximum absolute atomic E-state index is 6.44. The second kappa shape index (κ2) is 11.2. The lowest BCUT2D eigenvalue weighted by Crippen LogP contribution is -2.24. The summed E-state index contributed by atoms with van der Waals surface area (Å²) in [4.78, 5) is 2.23. The van der Waals surface area contributed by atoms with Crippen molar-refractivity contribution in [3.63, 3.8) is 0 Å². The predicted octanol–water partition coefficient (Wildman–Crippen LogP) is 6.32. The number of rotatable bonds is 8. The molecule has 28 heavy (non-hydrogen) atoms. The van der Waals surface area contributed by atoms with Gasteiger partial charge >= 0.3 is 0 Å². The Morgan fingerprint density at radius 1 is 1.21 bits per heavy atom. The molecule has 0 fully saturated rings. The van der Waals surface area contributed by atoms with E-state index >= 15 is 0 Å². The molecule has 1 unspecified atom stereocenters. The Hall–Kier alpha value is -1.94. The number of hydrogen-bond acceptors (Lipinski definition) is 4. The van der Waals surface area contributed by atoms with Crippen molar-refractivity contribution in [3.8, 4) is 5.75 Å². The van der Waals surface area contributed by atoms with E-state index in [-0.39, 0.29) is 0 Å². The van der Waals surface area contributed by atoms with Crippen molar-refractivity contribution < 1.29 is 4.74 Å². The lowest BCUT2D eigenvalue weighted by atomic mass is 10.1. The van der Waals surface area contributed by atoms with E-state index in [1.807, 2.05) is 13.8 Å². The number of unbranched alkanes of at least 4 members (excludes halogenated alkanes) is 1. The van der Waals surface area contributed by atoms with E-state index in [2.05, 4.69) is 54.1 Å². The van der Waals surface area contributed by atoms with Gasteiger partial charge < -0.3 is 9.64 Å². The van der Waals surface area contributed by atoms with Gasteiger partial charge in [-0.2, -0.15) is 5.10 Å². The Bertz CT molecular complexity index is 727. The van der Waals surface area contributed by atoms with Crippen molar-refractivity contribution in [1.29, 1.82) is 0 Å². The number of allylic oxidation sites excluding steroid dienone is 2. The van der Waals surface area contributed by atoms with Crippen LogP contribution in [0.3, 0.4) is 0 Å². The number of hydrogen-bond donors (Lipinski definition) is 1. The van der Waals surface area contributed by atoms with Crippen LogP contribution in [0.15, 0.2) is 46.3 Å². The molecule has 4 nitrogen and oxygen atoms in total. The van der Waals surface area contributed by atoms with Gasteiger partial charge in [-0.05, 0) is 24.5 Å². The van der Waals surface area contributed by atoms with E-state index in [4.69, 9.17) is 16.3 Å². The normalized spacial score (nSPS) is 16.3. The summed E-state index contributed by atoms with van der Waals surface area (Å²) < 4.78 is 6.44. The quantitative estimate of drug-likeness (QED) is 0.551. The SMILES string of the molecule is C=C1NN=CC(N2Cc3cccc(OC(CCC)CCCC)c3C2)=C1Cl.CC. The van der Waals surface area contributed by atoms with Crippen LogP contribution in [-0.2, 0) is 13.1 Å². The molecule has 2 heterocycles. The van der Waals surface area contributed by atoms with Gasteiger partial charge in [-0.3, -0.25) is 5.43 Å². The largest absolute Gasteiger partial charge is 0.490 e. The molecule has 1 aromatic carbocycles. The fraction of sp³-hybridized carbons (Fsp3) is 0.522. The molecule has 0 aliphatic carbocycles. The molecule has 2 aliphatic rings. The Balaban J connectivity index is 0.00000136. The van der Waals surface area contributed by atoms with E-state index in [0.29, 0.717) is 16.8 Å². The van der Waals surface area contributed by atoms with Gasteiger partial charge in [-0.15, -0.1) is 0 Å². The van der Waals surface area contributed by atoms with Crippen molar-refractivity contribution in [1.82, 2.24) is 10.3 Å². The van der Waals surface area contributed by atoms with Gasteiger partial charge in [0.2, 0.25) is 0 Å². The van der Waals surface area contributed by atoms with Crippen molar-refractivity contribution in [2.45, 2.75) is 79.0 Å². The van der Waals surface area contributed by atoms with Crippen LogP contribution in [0.5, 0.6) is 5.75 Å². The van der Waals surface area contributed by atoms with E-state index in [1.54, 1.807) is 6.21 Å². The van der Waals surface area contributed by atoms with Crippen LogP contribution < -0.4 is 10.2 Å². The first-order chi connectivity index (χ1) is 13.6. The highest BCUT2D eigenvalue weighted by atomic mass is 35.5. The Morgan fingerprint density at radius 2 is 2.00 bits per heavy atom. The van der Waals surface area contributed by atoms with Gasteiger partial charge in [0.1, 0.15) is 5.75 Å². The maximum Gasteiger partial charge on any atom is 0.125 e. The van der Waals surface area contributed by atoms with Gasteiger partial charge in [0.15, 0.2) is 0 Å². The van der Waals surface area contributed by atoms with Crippen LogP contribution in [0, 0.1) is 0 Å². The first-order valence-corrected chi connectivity index (χ1v) is 10.9. The lowest BCUT2D eigenvalue weighted by molar-refractivity contribution is 0.174. The van der Waals surface area contributed by atoms with Crippen LogP contribution in [0.2, 0.25) is 0 Å². The average molecular weight is 404 g/mol. The summed E-state index contributed by atoms with van der Waals surface area (Å²) in [6.07, 6.45) is 7.83. The van der Waals surface area contributed by atoms with Crippen LogP contribution in [0.4, 0.5) is 0 Å². The number of nitrogens with one attached hydrogen (secondary N) is 1. The van der Waals surface area contributed by atoms with Crippen molar-refractivity contribution in [3.05, 3.63) is 52.3 Å². The molecule has 1 atom stereocenters. The number of fused-ring (bicyclic) bond motifs is 1. The molecule has 2 aliphatic heterocycles. The third kappa shape index (κ3) is 5.32. The highest BCUT2D eigenvalue weighted by Gasteiger charge is 2.27. The second-order valence-electron chi connectivity index (χ2n) is 6.97. The van der Waals surface area contributed by atoms with Crippen molar-refractivity contribution in [2.24, 2.45) is 5.10 Å². The molecule has 0 saturated carbocycles. The zero-order valence-corrected chi connectivity index (χ0v) is 18.5. The molecule has 0 saturated heterocycles. The van der Waals surface area contributed by atoms with Crippen molar-refractivity contribution >= 4 is 17.8 Å². The second-order valence-corrected chi connectivity index (χ2v) is 7.35. The summed E-state index contributed by atoms with van der Waals surface area (Å²) in [6.45, 7) is 13.9. The minimum Gasteiger partial charge on any atom is -0.490 e. The van der Waals surface area contributed by atoms with Crippen molar-refractivity contribution in [2.75, 3.05) is 0 Å². The molecule has 0 bridgehead atoms. The molecule has 0 aromatic heterocycles. The maximum atomic E-state index is 6.44. The summed E-state index contributed by atoms with van der Waals surface area (Å²) in [5.41, 5.74) is 6.92. The number of hydrazone groups is 1. The minimum atomic E-state index is 0.295. The first kappa shape index (κ1) is 22.4. The van der Waals surface area contributed by atoms with Crippen LogP contribution in [0.25, 0.3) is 0 Å². The third-order valence-electron chi connectivity index (χ3n) is 4.94. The predicted molar refractivity (Wildman–Crippen MR) is 120 cm³/mol. The summed E-state index contributed by atoms with van der Waals surface area (Å²) >= 11 is 6.43. The molecule has 0 radical (unpaired) electrons. The zero-order valence-electron chi connectivity index (χ0n) is 17.7. The van der Waals surface area contributed by atoms with E-state index in [1.165, 1.54) is 24.0 Å². The van der Waals surface area contributed by atoms with E-state index < -0.39 is 0 Å². The summed E-state index contributed by atoms with van der Waals surface area (Å²) in [5.74, 6) is 1.01. The molecule has 154 valence electrons. The van der Waals surface area contributed by atoms with Gasteiger partial charge in [0.25, 0.3) is 0 Å².